The third-order valence-electron chi connectivity index (χ3n) is 1.89. The molecular weight excluding hydrogens is 193 g/mol. The number of hydrogen-bond acceptors (Lipinski definition) is 3. The van der Waals surface area contributed by atoms with E-state index in [1.165, 1.54) is 12.1 Å². The molecule has 0 aromatic heterocycles. The van der Waals surface area contributed by atoms with Gasteiger partial charge in [0.2, 0.25) is 0 Å². The van der Waals surface area contributed by atoms with E-state index < -0.39 is 5.82 Å². The second-order valence-electron chi connectivity index (χ2n) is 3.01. The summed E-state index contributed by atoms with van der Waals surface area (Å²) in [5.41, 5.74) is 0.889. The third kappa shape index (κ3) is 3.38. The van der Waals surface area contributed by atoms with Gasteiger partial charge in [-0.15, -0.1) is 0 Å². The first-order chi connectivity index (χ1) is 7.27. The summed E-state index contributed by atoms with van der Waals surface area (Å²) < 4.78 is 12.9. The lowest BCUT2D eigenvalue weighted by Crippen LogP contribution is -2.14. The lowest BCUT2D eigenvalue weighted by molar-refractivity contribution is 0.621. The van der Waals surface area contributed by atoms with E-state index >= 15 is 0 Å². The van der Waals surface area contributed by atoms with Crippen molar-refractivity contribution in [3.63, 3.8) is 0 Å². The molecule has 4 heteroatoms. The van der Waals surface area contributed by atoms with Gasteiger partial charge in [0.05, 0.1) is 11.6 Å². The van der Waals surface area contributed by atoms with Gasteiger partial charge in [0.15, 0.2) is 0 Å². The first kappa shape index (κ1) is 11.2. The molecule has 0 atom stereocenters. The summed E-state index contributed by atoms with van der Waals surface area (Å²) in [6, 6.07) is 8.20. The Balaban J connectivity index is 2.57. The van der Waals surface area contributed by atoms with Gasteiger partial charge in [-0.1, -0.05) is 6.07 Å². The van der Waals surface area contributed by atoms with Crippen molar-refractivity contribution in [2.75, 3.05) is 6.54 Å². The predicted molar refractivity (Wildman–Crippen MR) is 53.1 cm³/mol. The molecule has 1 N–H and O–H groups in total. The monoisotopic (exact) mass is 203 g/mol. The number of hydrogen-bond donors (Lipinski definition) is 1. The van der Waals surface area contributed by atoms with Crippen molar-refractivity contribution in [2.24, 2.45) is 0 Å². The van der Waals surface area contributed by atoms with Crippen molar-refractivity contribution in [3.8, 4) is 12.1 Å². The van der Waals surface area contributed by atoms with E-state index in [1.807, 2.05) is 6.07 Å². The van der Waals surface area contributed by atoms with Gasteiger partial charge in [0.1, 0.15) is 11.9 Å². The molecule has 0 bridgehead atoms. The summed E-state index contributed by atoms with van der Waals surface area (Å²) in [6.07, 6.45) is 0.437. The number of nitrogens with zero attached hydrogens (tertiary/aromatic N) is 2. The van der Waals surface area contributed by atoms with Crippen LogP contribution in [-0.2, 0) is 6.54 Å². The number of benzene rings is 1. The maximum atomic E-state index is 12.9. The zero-order valence-corrected chi connectivity index (χ0v) is 8.13. The highest BCUT2D eigenvalue weighted by atomic mass is 19.1. The molecule has 0 amide bonds. The van der Waals surface area contributed by atoms with Gasteiger partial charge >= 0.3 is 0 Å². The van der Waals surface area contributed by atoms with Crippen LogP contribution in [0.4, 0.5) is 4.39 Å². The van der Waals surface area contributed by atoms with E-state index in [-0.39, 0.29) is 5.56 Å². The molecule has 0 spiro atoms. The normalized spacial score (nSPS) is 9.27. The SMILES string of the molecule is N#CCCNCc1ccc(F)c(C#N)c1. The summed E-state index contributed by atoms with van der Waals surface area (Å²) >= 11 is 0. The molecule has 1 aromatic rings. The Morgan fingerprint density at radius 2 is 2.13 bits per heavy atom. The summed E-state index contributed by atoms with van der Waals surface area (Å²) in [6.45, 7) is 1.13. The lowest BCUT2D eigenvalue weighted by Gasteiger charge is -2.03. The third-order valence-corrected chi connectivity index (χ3v) is 1.89. The van der Waals surface area contributed by atoms with Crippen LogP contribution in [0, 0.1) is 28.5 Å². The van der Waals surface area contributed by atoms with Crippen LogP contribution < -0.4 is 5.32 Å². The Morgan fingerprint density at radius 3 is 2.80 bits per heavy atom. The molecule has 0 fully saturated rings. The van der Waals surface area contributed by atoms with Crippen molar-refractivity contribution in [3.05, 3.63) is 35.1 Å². The van der Waals surface area contributed by atoms with Gasteiger partial charge < -0.3 is 5.32 Å². The van der Waals surface area contributed by atoms with E-state index in [0.29, 0.717) is 19.5 Å². The molecule has 76 valence electrons. The molecule has 1 aromatic carbocycles. The van der Waals surface area contributed by atoms with Crippen LogP contribution in [0.15, 0.2) is 18.2 Å². The van der Waals surface area contributed by atoms with Crippen LogP contribution >= 0.6 is 0 Å². The van der Waals surface area contributed by atoms with Gasteiger partial charge in [-0.2, -0.15) is 10.5 Å². The molecule has 0 unspecified atom stereocenters. The largest absolute Gasteiger partial charge is 0.312 e. The molecule has 1 rings (SSSR count). The van der Waals surface area contributed by atoms with Crippen LogP contribution in [0.2, 0.25) is 0 Å². The van der Waals surface area contributed by atoms with E-state index in [2.05, 4.69) is 5.32 Å². The van der Waals surface area contributed by atoms with Gasteiger partial charge in [-0.05, 0) is 17.7 Å². The minimum Gasteiger partial charge on any atom is -0.312 e. The average Bonchev–Trinajstić information content (AvgIpc) is 2.26. The van der Waals surface area contributed by atoms with Crippen LogP contribution in [0.3, 0.4) is 0 Å². The summed E-state index contributed by atoms with van der Waals surface area (Å²) in [7, 11) is 0. The highest BCUT2D eigenvalue weighted by Gasteiger charge is 2.01. The lowest BCUT2D eigenvalue weighted by atomic mass is 10.1. The van der Waals surface area contributed by atoms with Crippen LogP contribution in [0.25, 0.3) is 0 Å². The van der Waals surface area contributed by atoms with Crippen molar-refractivity contribution in [1.82, 2.24) is 5.32 Å². The van der Waals surface area contributed by atoms with Crippen molar-refractivity contribution in [2.45, 2.75) is 13.0 Å². The Hall–Kier alpha value is -1.91. The number of nitriles is 2. The Morgan fingerprint density at radius 1 is 1.33 bits per heavy atom. The Labute approximate surface area is 87.8 Å². The highest BCUT2D eigenvalue weighted by Crippen LogP contribution is 2.09. The highest BCUT2D eigenvalue weighted by molar-refractivity contribution is 5.34. The predicted octanol–water partition coefficient (Wildman–Crippen LogP) is 1.70. The van der Waals surface area contributed by atoms with Crippen molar-refractivity contribution >= 4 is 0 Å². The van der Waals surface area contributed by atoms with Crippen LogP contribution in [-0.4, -0.2) is 6.54 Å². The molecule has 0 radical (unpaired) electrons. The molecule has 0 aliphatic heterocycles. The summed E-state index contributed by atoms with van der Waals surface area (Å²) in [5.74, 6) is -0.502. The molecule has 0 saturated carbocycles. The molecule has 15 heavy (non-hydrogen) atoms. The zero-order valence-electron chi connectivity index (χ0n) is 8.13. The number of nitrogens with one attached hydrogen (secondary N) is 1. The van der Waals surface area contributed by atoms with Crippen LogP contribution in [0.1, 0.15) is 17.5 Å². The van der Waals surface area contributed by atoms with E-state index in [1.54, 1.807) is 12.1 Å². The molecule has 0 saturated heterocycles. The number of halogens is 1. The van der Waals surface area contributed by atoms with Gasteiger partial charge in [0, 0.05) is 19.5 Å². The average molecular weight is 203 g/mol. The first-order valence-electron chi connectivity index (χ1n) is 4.54. The first-order valence-corrected chi connectivity index (χ1v) is 4.54. The number of rotatable bonds is 4. The van der Waals surface area contributed by atoms with Crippen molar-refractivity contribution in [1.29, 1.82) is 10.5 Å². The summed E-state index contributed by atoms with van der Waals surface area (Å²) in [4.78, 5) is 0. The molecular formula is C11H10FN3. The van der Waals surface area contributed by atoms with E-state index in [0.717, 1.165) is 5.56 Å². The second-order valence-corrected chi connectivity index (χ2v) is 3.01. The summed E-state index contributed by atoms with van der Waals surface area (Å²) in [5, 5.41) is 19.9. The zero-order chi connectivity index (χ0) is 11.1. The Kier molecular flexibility index (Phi) is 4.28. The van der Waals surface area contributed by atoms with Crippen molar-refractivity contribution < 1.29 is 4.39 Å². The van der Waals surface area contributed by atoms with E-state index in [4.69, 9.17) is 10.5 Å². The Bertz CT molecular complexity index is 415. The van der Waals surface area contributed by atoms with Gasteiger partial charge in [-0.3, -0.25) is 0 Å². The molecule has 0 aliphatic rings. The standard InChI is InChI=1S/C11H10FN3/c12-11-3-2-9(6-10(11)7-14)8-15-5-1-4-13/h2-3,6,15H,1,5,8H2. The fourth-order valence-electron chi connectivity index (χ4n) is 1.15. The fourth-order valence-corrected chi connectivity index (χ4v) is 1.15. The second kappa shape index (κ2) is 5.74. The van der Waals surface area contributed by atoms with Gasteiger partial charge in [0.25, 0.3) is 0 Å². The van der Waals surface area contributed by atoms with Crippen LogP contribution in [0.5, 0.6) is 0 Å². The topological polar surface area (TPSA) is 59.6 Å². The fraction of sp³-hybridized carbons (Fsp3) is 0.273. The molecule has 0 aliphatic carbocycles. The molecule has 0 heterocycles. The smallest absolute Gasteiger partial charge is 0.140 e. The maximum Gasteiger partial charge on any atom is 0.140 e. The molecule has 3 nitrogen and oxygen atoms in total. The van der Waals surface area contributed by atoms with Gasteiger partial charge in [-0.25, -0.2) is 4.39 Å². The minimum atomic E-state index is -0.502. The maximum absolute atomic E-state index is 12.9. The van der Waals surface area contributed by atoms with E-state index in [9.17, 15) is 4.39 Å². The minimum absolute atomic E-state index is 0.0505. The quantitative estimate of drug-likeness (QED) is 0.757.